The van der Waals surface area contributed by atoms with E-state index in [1.807, 2.05) is 6.20 Å². The Kier molecular flexibility index (Phi) is 3.48. The molecule has 0 fully saturated rings. The van der Waals surface area contributed by atoms with Crippen LogP contribution in [0.15, 0.2) is 18.5 Å². The van der Waals surface area contributed by atoms with E-state index in [4.69, 9.17) is 4.98 Å². The molecule has 0 N–H and O–H groups in total. The SMILES string of the molecule is CC(C)n1cc(C(C)(C)C)c2cc(C(C)(C)C)cnc21. The lowest BCUT2D eigenvalue weighted by Gasteiger charge is -2.20. The van der Waals surface area contributed by atoms with E-state index in [0.29, 0.717) is 6.04 Å². The lowest BCUT2D eigenvalue weighted by molar-refractivity contribution is 0.576. The van der Waals surface area contributed by atoms with Gasteiger partial charge in [0.1, 0.15) is 5.65 Å². The maximum atomic E-state index is 4.77. The second kappa shape index (κ2) is 4.61. The van der Waals surface area contributed by atoms with E-state index in [1.54, 1.807) is 0 Å². The van der Waals surface area contributed by atoms with E-state index >= 15 is 0 Å². The van der Waals surface area contributed by atoms with Gasteiger partial charge in [-0.2, -0.15) is 0 Å². The van der Waals surface area contributed by atoms with E-state index in [9.17, 15) is 0 Å². The normalized spacial score (nSPS) is 13.4. The number of nitrogens with zero attached hydrogens (tertiary/aromatic N) is 2. The molecule has 0 aromatic carbocycles. The molecular weight excluding hydrogens is 244 g/mol. The Labute approximate surface area is 123 Å². The fourth-order valence-corrected chi connectivity index (χ4v) is 2.53. The molecular formula is C18H28N2. The Morgan fingerprint density at radius 2 is 1.60 bits per heavy atom. The molecule has 0 aliphatic rings. The van der Waals surface area contributed by atoms with Crippen molar-refractivity contribution in [1.82, 2.24) is 9.55 Å². The average Bonchev–Trinajstić information content (AvgIpc) is 2.65. The van der Waals surface area contributed by atoms with Gasteiger partial charge < -0.3 is 4.57 Å². The Morgan fingerprint density at radius 3 is 2.05 bits per heavy atom. The summed E-state index contributed by atoms with van der Waals surface area (Å²) in [6, 6.07) is 2.77. The molecule has 0 unspecified atom stereocenters. The molecule has 2 rings (SSSR count). The third-order valence-electron chi connectivity index (χ3n) is 3.90. The quantitative estimate of drug-likeness (QED) is 0.696. The Hall–Kier alpha value is -1.31. The molecule has 2 nitrogen and oxygen atoms in total. The van der Waals surface area contributed by atoms with Crippen LogP contribution in [0.1, 0.15) is 72.6 Å². The molecule has 0 aliphatic carbocycles. The first-order chi connectivity index (χ1) is 9.01. The van der Waals surface area contributed by atoms with E-state index in [0.717, 1.165) is 5.65 Å². The number of hydrogen-bond donors (Lipinski definition) is 0. The molecule has 20 heavy (non-hydrogen) atoms. The van der Waals surface area contributed by atoms with Crippen LogP contribution in [0.25, 0.3) is 11.0 Å². The number of rotatable bonds is 1. The lowest BCUT2D eigenvalue weighted by Crippen LogP contribution is -2.13. The molecule has 0 spiro atoms. The molecule has 0 bridgehead atoms. The first-order valence-electron chi connectivity index (χ1n) is 7.53. The molecule has 0 radical (unpaired) electrons. The molecule has 2 heteroatoms. The van der Waals surface area contributed by atoms with Crippen LogP contribution in [0, 0.1) is 0 Å². The number of fused-ring (bicyclic) bond motifs is 1. The van der Waals surface area contributed by atoms with Crippen LogP contribution in [0.5, 0.6) is 0 Å². The zero-order chi connectivity index (χ0) is 15.3. The summed E-state index contributed by atoms with van der Waals surface area (Å²) in [5.74, 6) is 0. The average molecular weight is 272 g/mol. The maximum absolute atomic E-state index is 4.77. The molecule has 2 aromatic heterocycles. The van der Waals surface area contributed by atoms with Crippen LogP contribution >= 0.6 is 0 Å². The van der Waals surface area contributed by atoms with Gasteiger partial charge in [-0.25, -0.2) is 4.98 Å². The van der Waals surface area contributed by atoms with Crippen molar-refractivity contribution in [2.24, 2.45) is 0 Å². The van der Waals surface area contributed by atoms with Crippen LogP contribution in [0.3, 0.4) is 0 Å². The highest BCUT2D eigenvalue weighted by molar-refractivity contribution is 5.82. The minimum atomic E-state index is 0.135. The van der Waals surface area contributed by atoms with Crippen molar-refractivity contribution in [3.8, 4) is 0 Å². The Morgan fingerprint density at radius 1 is 1.00 bits per heavy atom. The van der Waals surface area contributed by atoms with Crippen molar-refractivity contribution in [2.75, 3.05) is 0 Å². The molecule has 0 saturated carbocycles. The highest BCUT2D eigenvalue weighted by Gasteiger charge is 2.23. The minimum Gasteiger partial charge on any atom is -0.330 e. The third-order valence-corrected chi connectivity index (χ3v) is 3.90. The number of pyridine rings is 1. The standard InChI is InChI=1S/C18H28N2/c1-12(2)20-11-15(18(6,7)8)14-9-13(17(3,4)5)10-19-16(14)20/h9-12H,1-8H3. The zero-order valence-corrected chi connectivity index (χ0v) is 14.2. The number of hydrogen-bond acceptors (Lipinski definition) is 1. The monoisotopic (exact) mass is 272 g/mol. The van der Waals surface area contributed by atoms with Gasteiger partial charge in [0, 0.05) is 23.8 Å². The van der Waals surface area contributed by atoms with Gasteiger partial charge in [-0.05, 0) is 41.9 Å². The van der Waals surface area contributed by atoms with Crippen molar-refractivity contribution in [2.45, 2.75) is 72.3 Å². The fourth-order valence-electron chi connectivity index (χ4n) is 2.53. The lowest BCUT2D eigenvalue weighted by atomic mass is 9.84. The first-order valence-corrected chi connectivity index (χ1v) is 7.53. The Balaban J connectivity index is 2.79. The van der Waals surface area contributed by atoms with Crippen molar-refractivity contribution in [3.63, 3.8) is 0 Å². The summed E-state index contributed by atoms with van der Waals surface area (Å²) in [5, 5.41) is 1.30. The summed E-state index contributed by atoms with van der Waals surface area (Å²) in [6.07, 6.45) is 4.32. The second-order valence-corrected chi connectivity index (χ2v) is 8.14. The van der Waals surface area contributed by atoms with Gasteiger partial charge in [-0.15, -0.1) is 0 Å². The van der Waals surface area contributed by atoms with E-state index in [1.165, 1.54) is 16.5 Å². The molecule has 0 amide bonds. The summed E-state index contributed by atoms with van der Waals surface area (Å²) in [7, 11) is 0. The van der Waals surface area contributed by atoms with Crippen LogP contribution in [0.2, 0.25) is 0 Å². The summed E-state index contributed by atoms with van der Waals surface area (Å²) in [6.45, 7) is 18.0. The van der Waals surface area contributed by atoms with Crippen molar-refractivity contribution >= 4 is 11.0 Å². The molecule has 0 aliphatic heterocycles. The topological polar surface area (TPSA) is 17.8 Å². The third kappa shape index (κ3) is 2.61. The van der Waals surface area contributed by atoms with Crippen LogP contribution in [0.4, 0.5) is 0 Å². The summed E-state index contributed by atoms with van der Waals surface area (Å²) >= 11 is 0. The van der Waals surface area contributed by atoms with Gasteiger partial charge in [-0.3, -0.25) is 0 Å². The summed E-state index contributed by atoms with van der Waals surface area (Å²) in [4.78, 5) is 4.77. The minimum absolute atomic E-state index is 0.135. The van der Waals surface area contributed by atoms with Crippen LogP contribution in [-0.2, 0) is 10.8 Å². The van der Waals surface area contributed by atoms with Gasteiger partial charge in [0.15, 0.2) is 0 Å². The first kappa shape index (κ1) is 15.1. The predicted octanol–water partition coefficient (Wildman–Crippen LogP) is 5.21. The Bertz CT molecular complexity index is 619. The zero-order valence-electron chi connectivity index (χ0n) is 14.2. The molecule has 0 saturated heterocycles. The summed E-state index contributed by atoms with van der Waals surface area (Å²) in [5.41, 5.74) is 4.07. The molecule has 2 aromatic rings. The van der Waals surface area contributed by atoms with Gasteiger partial charge in [0.25, 0.3) is 0 Å². The van der Waals surface area contributed by atoms with Crippen molar-refractivity contribution in [1.29, 1.82) is 0 Å². The maximum Gasteiger partial charge on any atom is 0.140 e. The largest absolute Gasteiger partial charge is 0.330 e. The smallest absolute Gasteiger partial charge is 0.140 e. The fraction of sp³-hybridized carbons (Fsp3) is 0.611. The van der Waals surface area contributed by atoms with Crippen LogP contribution in [-0.4, -0.2) is 9.55 Å². The highest BCUT2D eigenvalue weighted by atomic mass is 15.0. The predicted molar refractivity (Wildman–Crippen MR) is 87.5 cm³/mol. The highest BCUT2D eigenvalue weighted by Crippen LogP contribution is 2.34. The number of aromatic nitrogens is 2. The van der Waals surface area contributed by atoms with E-state index in [2.05, 4.69) is 72.2 Å². The summed E-state index contributed by atoms with van der Waals surface area (Å²) < 4.78 is 2.29. The van der Waals surface area contributed by atoms with Gasteiger partial charge in [-0.1, -0.05) is 41.5 Å². The second-order valence-electron chi connectivity index (χ2n) is 8.14. The molecule has 110 valence electrons. The van der Waals surface area contributed by atoms with Gasteiger partial charge in [0.05, 0.1) is 0 Å². The van der Waals surface area contributed by atoms with Gasteiger partial charge in [0.2, 0.25) is 0 Å². The molecule has 0 atom stereocenters. The van der Waals surface area contributed by atoms with Crippen molar-refractivity contribution in [3.05, 3.63) is 29.6 Å². The van der Waals surface area contributed by atoms with Gasteiger partial charge >= 0.3 is 0 Å². The van der Waals surface area contributed by atoms with E-state index in [-0.39, 0.29) is 10.8 Å². The van der Waals surface area contributed by atoms with Crippen LogP contribution < -0.4 is 0 Å². The van der Waals surface area contributed by atoms with Crippen molar-refractivity contribution < 1.29 is 0 Å². The van der Waals surface area contributed by atoms with E-state index < -0.39 is 0 Å². The molecule has 2 heterocycles.